The van der Waals surface area contributed by atoms with Gasteiger partial charge in [0.1, 0.15) is 5.69 Å². The van der Waals surface area contributed by atoms with Gasteiger partial charge in [0, 0.05) is 63.2 Å². The largest absolute Gasteiger partial charge is 0.342 e. The van der Waals surface area contributed by atoms with E-state index in [1.807, 2.05) is 30.6 Å². The van der Waals surface area contributed by atoms with E-state index in [1.165, 1.54) is 0 Å². The minimum Gasteiger partial charge on any atom is -0.342 e. The lowest BCUT2D eigenvalue weighted by molar-refractivity contribution is -0.135. The zero-order chi connectivity index (χ0) is 19.6. The molecule has 1 spiro atoms. The SMILES string of the molecule is CCN1CC2(CC1=O)CN(C(=O)c1ccccn1)CCN(C(=O)C(C)C)C2. The third-order valence-electron chi connectivity index (χ3n) is 5.46. The standard InChI is InChI=1S/C20H28N4O3/c1-4-22-12-20(11-17(22)25)13-23(18(26)15(2)3)9-10-24(14-20)19(27)16-7-5-6-8-21-16/h5-8,15H,4,9-14H2,1-3H3. The zero-order valence-corrected chi connectivity index (χ0v) is 16.4. The molecule has 1 aromatic rings. The van der Waals surface area contributed by atoms with Gasteiger partial charge in [-0.15, -0.1) is 0 Å². The van der Waals surface area contributed by atoms with Gasteiger partial charge in [0.25, 0.3) is 5.91 Å². The lowest BCUT2D eigenvalue weighted by Gasteiger charge is -2.34. The number of hydrogen-bond donors (Lipinski definition) is 0. The fourth-order valence-corrected chi connectivity index (χ4v) is 4.12. The molecule has 0 aromatic carbocycles. The van der Waals surface area contributed by atoms with Crippen molar-refractivity contribution in [2.45, 2.75) is 27.2 Å². The van der Waals surface area contributed by atoms with Crippen molar-refractivity contribution < 1.29 is 14.4 Å². The van der Waals surface area contributed by atoms with Crippen LogP contribution in [0.25, 0.3) is 0 Å². The summed E-state index contributed by atoms with van der Waals surface area (Å²) in [7, 11) is 0. The quantitative estimate of drug-likeness (QED) is 0.801. The number of hydrogen-bond acceptors (Lipinski definition) is 4. The van der Waals surface area contributed by atoms with Crippen LogP contribution in [0.4, 0.5) is 0 Å². The van der Waals surface area contributed by atoms with Crippen molar-refractivity contribution in [2.24, 2.45) is 11.3 Å². The molecule has 27 heavy (non-hydrogen) atoms. The van der Waals surface area contributed by atoms with E-state index < -0.39 is 5.41 Å². The lowest BCUT2D eigenvalue weighted by Crippen LogP contribution is -2.46. The van der Waals surface area contributed by atoms with Crippen LogP contribution in [0.3, 0.4) is 0 Å². The third-order valence-corrected chi connectivity index (χ3v) is 5.46. The Morgan fingerprint density at radius 1 is 1.15 bits per heavy atom. The first-order valence-electron chi connectivity index (χ1n) is 9.62. The van der Waals surface area contributed by atoms with Gasteiger partial charge in [-0.3, -0.25) is 19.4 Å². The van der Waals surface area contributed by atoms with Gasteiger partial charge in [0.15, 0.2) is 0 Å². The Labute approximate surface area is 160 Å². The maximum atomic E-state index is 13.0. The average Bonchev–Trinajstić information content (AvgIpc) is 2.86. The Balaban J connectivity index is 1.89. The molecule has 7 nitrogen and oxygen atoms in total. The molecule has 146 valence electrons. The van der Waals surface area contributed by atoms with E-state index in [0.717, 1.165) is 0 Å². The van der Waals surface area contributed by atoms with Crippen molar-refractivity contribution in [3.05, 3.63) is 30.1 Å². The Kier molecular flexibility index (Phi) is 5.48. The molecule has 0 saturated carbocycles. The molecule has 3 amide bonds. The molecule has 3 rings (SSSR count). The molecule has 2 aliphatic rings. The van der Waals surface area contributed by atoms with Crippen molar-refractivity contribution >= 4 is 17.7 Å². The number of rotatable bonds is 3. The fourth-order valence-electron chi connectivity index (χ4n) is 4.12. The van der Waals surface area contributed by atoms with E-state index >= 15 is 0 Å². The molecule has 2 fully saturated rings. The smallest absolute Gasteiger partial charge is 0.272 e. The predicted octanol–water partition coefficient (Wildman–Crippen LogP) is 1.26. The molecule has 1 unspecified atom stereocenters. The van der Waals surface area contributed by atoms with Gasteiger partial charge in [0.05, 0.1) is 0 Å². The zero-order valence-electron chi connectivity index (χ0n) is 16.4. The second-order valence-corrected chi connectivity index (χ2v) is 7.94. The van der Waals surface area contributed by atoms with E-state index in [2.05, 4.69) is 4.98 Å². The molecular formula is C20H28N4O3. The predicted molar refractivity (Wildman–Crippen MR) is 101 cm³/mol. The summed E-state index contributed by atoms with van der Waals surface area (Å²) < 4.78 is 0. The van der Waals surface area contributed by atoms with Crippen LogP contribution >= 0.6 is 0 Å². The molecule has 3 heterocycles. The molecule has 7 heteroatoms. The van der Waals surface area contributed by atoms with Gasteiger partial charge < -0.3 is 14.7 Å². The van der Waals surface area contributed by atoms with Crippen LogP contribution in [-0.4, -0.2) is 76.7 Å². The number of pyridine rings is 1. The molecule has 2 aliphatic heterocycles. The summed E-state index contributed by atoms with van der Waals surface area (Å²) in [6.45, 7) is 8.87. The monoisotopic (exact) mass is 372 g/mol. The topological polar surface area (TPSA) is 73.8 Å². The van der Waals surface area contributed by atoms with E-state index in [-0.39, 0.29) is 23.6 Å². The number of aromatic nitrogens is 1. The fraction of sp³-hybridized carbons (Fsp3) is 0.600. The van der Waals surface area contributed by atoms with Gasteiger partial charge in [-0.05, 0) is 19.1 Å². The summed E-state index contributed by atoms with van der Waals surface area (Å²) in [4.78, 5) is 47.7. The first-order valence-corrected chi connectivity index (χ1v) is 9.62. The van der Waals surface area contributed by atoms with Gasteiger partial charge in [-0.1, -0.05) is 19.9 Å². The Morgan fingerprint density at radius 2 is 1.85 bits per heavy atom. The summed E-state index contributed by atoms with van der Waals surface area (Å²) in [6, 6.07) is 5.27. The first-order chi connectivity index (χ1) is 12.8. The van der Waals surface area contributed by atoms with Crippen molar-refractivity contribution in [1.82, 2.24) is 19.7 Å². The average molecular weight is 372 g/mol. The molecule has 2 saturated heterocycles. The minimum atomic E-state index is -0.418. The summed E-state index contributed by atoms with van der Waals surface area (Å²) in [5.74, 6) is -0.0822. The van der Waals surface area contributed by atoms with Crippen molar-refractivity contribution in [2.75, 3.05) is 39.3 Å². The van der Waals surface area contributed by atoms with Crippen LogP contribution in [0.5, 0.6) is 0 Å². The second-order valence-electron chi connectivity index (χ2n) is 7.94. The third kappa shape index (κ3) is 3.96. The summed E-state index contributed by atoms with van der Waals surface area (Å²) in [6.07, 6.45) is 1.97. The first kappa shape index (κ1) is 19.3. The van der Waals surface area contributed by atoms with E-state index in [4.69, 9.17) is 0 Å². The number of amides is 3. The lowest BCUT2D eigenvalue weighted by atomic mass is 9.85. The highest BCUT2D eigenvalue weighted by Crippen LogP contribution is 2.35. The normalized spacial score (nSPS) is 23.3. The summed E-state index contributed by atoms with van der Waals surface area (Å²) in [5.41, 5.74) is -0.0218. The van der Waals surface area contributed by atoms with Crippen LogP contribution in [0.1, 0.15) is 37.7 Å². The van der Waals surface area contributed by atoms with Crippen molar-refractivity contribution in [3.8, 4) is 0 Å². The maximum Gasteiger partial charge on any atom is 0.272 e. The van der Waals surface area contributed by atoms with Gasteiger partial charge in [-0.2, -0.15) is 0 Å². The Bertz CT molecular complexity index is 721. The van der Waals surface area contributed by atoms with Crippen LogP contribution in [0, 0.1) is 11.3 Å². The van der Waals surface area contributed by atoms with Crippen LogP contribution in [-0.2, 0) is 9.59 Å². The summed E-state index contributed by atoms with van der Waals surface area (Å²) in [5, 5.41) is 0. The summed E-state index contributed by atoms with van der Waals surface area (Å²) >= 11 is 0. The van der Waals surface area contributed by atoms with Crippen molar-refractivity contribution in [1.29, 1.82) is 0 Å². The minimum absolute atomic E-state index is 0.0731. The number of carbonyl (C=O) groups is 3. The molecule has 1 aromatic heterocycles. The highest BCUT2D eigenvalue weighted by Gasteiger charge is 2.47. The van der Waals surface area contributed by atoms with E-state index in [0.29, 0.717) is 51.4 Å². The van der Waals surface area contributed by atoms with Gasteiger partial charge in [0.2, 0.25) is 11.8 Å². The van der Waals surface area contributed by atoms with E-state index in [1.54, 1.807) is 29.3 Å². The van der Waals surface area contributed by atoms with Gasteiger partial charge >= 0.3 is 0 Å². The van der Waals surface area contributed by atoms with Crippen LogP contribution in [0.15, 0.2) is 24.4 Å². The number of carbonyl (C=O) groups excluding carboxylic acids is 3. The molecule has 0 N–H and O–H groups in total. The Hall–Kier alpha value is -2.44. The van der Waals surface area contributed by atoms with Crippen LogP contribution in [0.2, 0.25) is 0 Å². The Morgan fingerprint density at radius 3 is 2.44 bits per heavy atom. The highest BCUT2D eigenvalue weighted by atomic mass is 16.2. The number of nitrogens with zero attached hydrogens (tertiary/aromatic N) is 4. The second kappa shape index (κ2) is 7.66. The molecule has 0 aliphatic carbocycles. The molecule has 0 radical (unpaired) electrons. The molecular weight excluding hydrogens is 344 g/mol. The maximum absolute atomic E-state index is 13.0. The molecule has 0 bridgehead atoms. The van der Waals surface area contributed by atoms with Gasteiger partial charge in [-0.25, -0.2) is 0 Å². The van der Waals surface area contributed by atoms with Crippen molar-refractivity contribution in [3.63, 3.8) is 0 Å². The van der Waals surface area contributed by atoms with Crippen LogP contribution < -0.4 is 0 Å². The highest BCUT2D eigenvalue weighted by molar-refractivity contribution is 5.92. The molecule has 1 atom stereocenters. The number of likely N-dealkylation sites (tertiary alicyclic amines) is 1. The van der Waals surface area contributed by atoms with E-state index in [9.17, 15) is 14.4 Å².